The minimum absolute atomic E-state index is 0.568. The van der Waals surface area contributed by atoms with E-state index in [-0.39, 0.29) is 0 Å². The van der Waals surface area contributed by atoms with E-state index in [1.165, 1.54) is 33.2 Å². The molecular formula is C18H20INO. The van der Waals surface area contributed by atoms with E-state index in [1.54, 1.807) is 7.11 Å². The second kappa shape index (κ2) is 6.26. The third-order valence-electron chi connectivity index (χ3n) is 4.26. The average molecular weight is 393 g/mol. The van der Waals surface area contributed by atoms with Crippen LogP contribution in [-0.4, -0.2) is 13.2 Å². The molecule has 2 aromatic carbocycles. The molecule has 3 heteroatoms. The third kappa shape index (κ3) is 3.18. The Morgan fingerprint density at radius 3 is 2.62 bits per heavy atom. The molecule has 0 aliphatic heterocycles. The summed E-state index contributed by atoms with van der Waals surface area (Å²) < 4.78 is 6.75. The van der Waals surface area contributed by atoms with E-state index in [0.717, 1.165) is 5.75 Å². The summed E-state index contributed by atoms with van der Waals surface area (Å²) >= 11 is 2.36. The SMILES string of the molecule is COc1ccccc1C1CC(Nc2ccc(I)cc2C)C1. The Morgan fingerprint density at radius 1 is 1.14 bits per heavy atom. The predicted octanol–water partition coefficient (Wildman–Crippen LogP) is 4.97. The maximum absolute atomic E-state index is 5.47. The predicted molar refractivity (Wildman–Crippen MR) is 96.3 cm³/mol. The lowest BCUT2D eigenvalue weighted by Gasteiger charge is -2.37. The van der Waals surface area contributed by atoms with Crippen LogP contribution in [0, 0.1) is 10.5 Å². The van der Waals surface area contributed by atoms with Gasteiger partial charge in [-0.15, -0.1) is 0 Å². The first-order valence-electron chi connectivity index (χ1n) is 7.33. The largest absolute Gasteiger partial charge is 0.496 e. The number of hydrogen-bond donors (Lipinski definition) is 1. The molecule has 0 spiro atoms. The van der Waals surface area contributed by atoms with Gasteiger partial charge < -0.3 is 10.1 Å². The molecular weight excluding hydrogens is 373 g/mol. The van der Waals surface area contributed by atoms with Crippen LogP contribution in [0.3, 0.4) is 0 Å². The van der Waals surface area contributed by atoms with Crippen molar-refractivity contribution < 1.29 is 4.74 Å². The summed E-state index contributed by atoms with van der Waals surface area (Å²) in [5.41, 5.74) is 3.93. The molecule has 1 aliphatic carbocycles. The van der Waals surface area contributed by atoms with Crippen LogP contribution >= 0.6 is 22.6 Å². The first-order valence-corrected chi connectivity index (χ1v) is 8.41. The van der Waals surface area contributed by atoms with Gasteiger partial charge >= 0.3 is 0 Å². The highest BCUT2D eigenvalue weighted by Gasteiger charge is 2.32. The van der Waals surface area contributed by atoms with Crippen LogP contribution in [0.5, 0.6) is 5.75 Å². The zero-order valence-electron chi connectivity index (χ0n) is 12.4. The third-order valence-corrected chi connectivity index (χ3v) is 4.94. The number of hydrogen-bond acceptors (Lipinski definition) is 2. The molecule has 0 unspecified atom stereocenters. The van der Waals surface area contributed by atoms with Crippen LogP contribution < -0.4 is 10.1 Å². The normalized spacial score (nSPS) is 20.7. The Labute approximate surface area is 140 Å². The fourth-order valence-corrected chi connectivity index (χ4v) is 3.65. The van der Waals surface area contributed by atoms with Crippen molar-refractivity contribution in [2.75, 3.05) is 12.4 Å². The molecule has 1 saturated carbocycles. The molecule has 2 nitrogen and oxygen atoms in total. The maximum Gasteiger partial charge on any atom is 0.122 e. The van der Waals surface area contributed by atoms with Crippen molar-refractivity contribution in [1.82, 2.24) is 0 Å². The first-order chi connectivity index (χ1) is 10.2. The fraction of sp³-hybridized carbons (Fsp3) is 0.333. The molecule has 110 valence electrons. The standard InChI is InChI=1S/C18H20INO/c1-12-9-14(19)7-8-17(12)20-15-10-13(11-15)16-5-3-4-6-18(16)21-2/h3-9,13,15,20H,10-11H2,1-2H3. The summed E-state index contributed by atoms with van der Waals surface area (Å²) in [4.78, 5) is 0. The monoisotopic (exact) mass is 393 g/mol. The number of halogens is 1. The minimum Gasteiger partial charge on any atom is -0.496 e. The summed E-state index contributed by atoms with van der Waals surface area (Å²) in [5, 5.41) is 3.67. The van der Waals surface area contributed by atoms with Gasteiger partial charge in [0.05, 0.1) is 7.11 Å². The first kappa shape index (κ1) is 14.7. The van der Waals surface area contributed by atoms with Crippen molar-refractivity contribution in [1.29, 1.82) is 0 Å². The van der Waals surface area contributed by atoms with Gasteiger partial charge in [0.25, 0.3) is 0 Å². The van der Waals surface area contributed by atoms with E-state index < -0.39 is 0 Å². The number of methoxy groups -OCH3 is 1. The number of rotatable bonds is 4. The average Bonchev–Trinajstić information content (AvgIpc) is 2.44. The molecule has 1 aliphatic rings. The molecule has 0 atom stereocenters. The second-order valence-corrected chi connectivity index (χ2v) is 6.96. The topological polar surface area (TPSA) is 21.3 Å². The number of anilines is 1. The summed E-state index contributed by atoms with van der Waals surface area (Å²) in [5.74, 6) is 1.63. The molecule has 3 rings (SSSR count). The lowest BCUT2D eigenvalue weighted by Crippen LogP contribution is -2.34. The summed E-state index contributed by atoms with van der Waals surface area (Å²) in [6, 6.07) is 15.5. The Hall–Kier alpha value is -1.23. The highest BCUT2D eigenvalue weighted by atomic mass is 127. The van der Waals surface area contributed by atoms with E-state index >= 15 is 0 Å². The van der Waals surface area contributed by atoms with Gasteiger partial charge in [-0.2, -0.15) is 0 Å². The van der Waals surface area contributed by atoms with Gasteiger partial charge in [0.2, 0.25) is 0 Å². The van der Waals surface area contributed by atoms with E-state index in [2.05, 4.69) is 71.2 Å². The highest BCUT2D eigenvalue weighted by Crippen LogP contribution is 2.42. The summed E-state index contributed by atoms with van der Waals surface area (Å²) in [6.45, 7) is 2.17. The van der Waals surface area contributed by atoms with Gasteiger partial charge in [-0.05, 0) is 83.7 Å². The molecule has 0 bridgehead atoms. The number of para-hydroxylation sites is 1. The molecule has 1 fully saturated rings. The maximum atomic E-state index is 5.47. The van der Waals surface area contributed by atoms with Crippen molar-refractivity contribution >= 4 is 28.3 Å². The fourth-order valence-electron chi connectivity index (χ4n) is 3.00. The number of benzene rings is 2. The Kier molecular flexibility index (Phi) is 4.38. The van der Waals surface area contributed by atoms with Gasteiger partial charge in [-0.1, -0.05) is 18.2 Å². The van der Waals surface area contributed by atoms with Gasteiger partial charge in [-0.25, -0.2) is 0 Å². The summed E-state index contributed by atoms with van der Waals surface area (Å²) in [7, 11) is 1.75. The minimum atomic E-state index is 0.568. The van der Waals surface area contributed by atoms with Crippen LogP contribution in [0.4, 0.5) is 5.69 Å². The lowest BCUT2D eigenvalue weighted by atomic mass is 9.75. The molecule has 2 aromatic rings. The molecule has 0 saturated heterocycles. The van der Waals surface area contributed by atoms with E-state index in [4.69, 9.17) is 4.74 Å². The second-order valence-electron chi connectivity index (χ2n) is 5.71. The number of nitrogens with one attached hydrogen (secondary N) is 1. The van der Waals surface area contributed by atoms with Crippen molar-refractivity contribution in [2.45, 2.75) is 31.7 Å². The molecule has 0 amide bonds. The van der Waals surface area contributed by atoms with Crippen molar-refractivity contribution in [2.24, 2.45) is 0 Å². The molecule has 0 radical (unpaired) electrons. The van der Waals surface area contributed by atoms with Crippen LogP contribution in [0.1, 0.15) is 29.9 Å². The van der Waals surface area contributed by atoms with Crippen LogP contribution in [0.15, 0.2) is 42.5 Å². The number of ether oxygens (including phenoxy) is 1. The van der Waals surface area contributed by atoms with Crippen molar-refractivity contribution in [3.63, 3.8) is 0 Å². The smallest absolute Gasteiger partial charge is 0.122 e. The Morgan fingerprint density at radius 2 is 1.90 bits per heavy atom. The van der Waals surface area contributed by atoms with E-state index in [0.29, 0.717) is 12.0 Å². The Bertz CT molecular complexity index is 635. The molecule has 0 aromatic heterocycles. The van der Waals surface area contributed by atoms with Gasteiger partial charge in [0, 0.05) is 15.3 Å². The number of aryl methyl sites for hydroxylation is 1. The van der Waals surface area contributed by atoms with Crippen molar-refractivity contribution in [3.8, 4) is 5.75 Å². The van der Waals surface area contributed by atoms with Crippen LogP contribution in [0.25, 0.3) is 0 Å². The van der Waals surface area contributed by atoms with Gasteiger partial charge in [0.15, 0.2) is 0 Å². The van der Waals surface area contributed by atoms with E-state index in [9.17, 15) is 0 Å². The van der Waals surface area contributed by atoms with Crippen LogP contribution in [-0.2, 0) is 0 Å². The quantitative estimate of drug-likeness (QED) is 0.741. The van der Waals surface area contributed by atoms with Gasteiger partial charge in [0.1, 0.15) is 5.75 Å². The van der Waals surface area contributed by atoms with Crippen LogP contribution in [0.2, 0.25) is 0 Å². The molecule has 0 heterocycles. The summed E-state index contributed by atoms with van der Waals surface area (Å²) in [6.07, 6.45) is 2.34. The molecule has 21 heavy (non-hydrogen) atoms. The zero-order valence-corrected chi connectivity index (χ0v) is 14.6. The highest BCUT2D eigenvalue weighted by molar-refractivity contribution is 14.1. The Balaban J connectivity index is 1.63. The van der Waals surface area contributed by atoms with E-state index in [1.807, 2.05) is 6.07 Å². The van der Waals surface area contributed by atoms with Gasteiger partial charge in [-0.3, -0.25) is 0 Å². The zero-order chi connectivity index (χ0) is 14.8. The lowest BCUT2D eigenvalue weighted by molar-refractivity contribution is 0.349. The molecule has 1 N–H and O–H groups in total. The van der Waals surface area contributed by atoms with Crippen molar-refractivity contribution in [3.05, 3.63) is 57.2 Å².